The van der Waals surface area contributed by atoms with Crippen molar-refractivity contribution in [2.45, 2.75) is 58.4 Å². The average molecular weight is 625 g/mol. The molecule has 5 rings (SSSR count). The zero-order valence-corrected chi connectivity index (χ0v) is 26.3. The topological polar surface area (TPSA) is 124 Å². The smallest absolute Gasteiger partial charge is 0.435 e. The van der Waals surface area contributed by atoms with Gasteiger partial charge in [0, 0.05) is 5.56 Å². The van der Waals surface area contributed by atoms with Gasteiger partial charge in [-0.15, -0.1) is 0 Å². The van der Waals surface area contributed by atoms with Crippen LogP contribution in [0.25, 0.3) is 5.69 Å². The van der Waals surface area contributed by atoms with Crippen molar-refractivity contribution in [3.05, 3.63) is 113 Å². The first kappa shape index (κ1) is 32.6. The van der Waals surface area contributed by atoms with Gasteiger partial charge in [0.2, 0.25) is 0 Å². The van der Waals surface area contributed by atoms with Gasteiger partial charge in [-0.2, -0.15) is 10.1 Å². The number of aliphatic imine (C=N–C) groups is 1. The number of carbonyl (C=O) groups is 2. The fraction of sp³-hybridized carbons (Fsp3) is 0.333. The molecule has 0 radical (unpaired) electrons. The molecule has 0 bridgehead atoms. The molecule has 1 aromatic heterocycles. The summed E-state index contributed by atoms with van der Waals surface area (Å²) in [6.45, 7) is 5.03. The van der Waals surface area contributed by atoms with E-state index in [1.807, 2.05) is 30.3 Å². The number of anilines is 1. The van der Waals surface area contributed by atoms with Crippen LogP contribution in [0.5, 0.6) is 0 Å². The molecule has 10 heteroatoms. The van der Waals surface area contributed by atoms with Crippen molar-refractivity contribution in [3.63, 3.8) is 0 Å². The summed E-state index contributed by atoms with van der Waals surface area (Å²) in [5.41, 5.74) is 9.88. The number of ether oxygens (including phenoxy) is 1. The first-order valence-corrected chi connectivity index (χ1v) is 15.9. The van der Waals surface area contributed by atoms with Crippen molar-refractivity contribution in [2.75, 3.05) is 18.5 Å². The van der Waals surface area contributed by atoms with E-state index in [0.29, 0.717) is 22.9 Å². The number of benzene rings is 3. The highest BCUT2D eigenvalue weighted by molar-refractivity contribution is 6.04. The molecular formula is C36H41FN6O3. The molecule has 1 fully saturated rings. The molecule has 4 N–H and O–H groups in total. The summed E-state index contributed by atoms with van der Waals surface area (Å²) in [6.07, 6.45) is 5.58. The molecule has 0 spiro atoms. The molecule has 4 aromatic rings. The zero-order chi connectivity index (χ0) is 32.5. The van der Waals surface area contributed by atoms with Crippen molar-refractivity contribution < 1.29 is 18.7 Å². The van der Waals surface area contributed by atoms with Crippen molar-refractivity contribution in [2.24, 2.45) is 16.6 Å². The lowest BCUT2D eigenvalue weighted by atomic mass is 9.97. The number of aryl methyl sites for hydroxylation is 1. The Morgan fingerprint density at radius 1 is 1.02 bits per heavy atom. The Hall–Kier alpha value is -4.83. The predicted octanol–water partition coefficient (Wildman–Crippen LogP) is 7.08. The van der Waals surface area contributed by atoms with Crippen LogP contribution in [0.4, 0.5) is 14.9 Å². The number of amides is 2. The number of amidine groups is 1. The van der Waals surface area contributed by atoms with Crippen LogP contribution in [-0.2, 0) is 4.74 Å². The Labute approximate surface area is 269 Å². The third kappa shape index (κ3) is 8.66. The van der Waals surface area contributed by atoms with Gasteiger partial charge >= 0.3 is 6.09 Å². The van der Waals surface area contributed by atoms with Crippen LogP contribution in [-0.4, -0.2) is 40.8 Å². The van der Waals surface area contributed by atoms with Crippen LogP contribution in [0.3, 0.4) is 0 Å². The zero-order valence-electron chi connectivity index (χ0n) is 26.3. The lowest BCUT2D eigenvalue weighted by Crippen LogP contribution is -2.25. The number of aromatic nitrogens is 2. The van der Waals surface area contributed by atoms with Gasteiger partial charge in [-0.3, -0.25) is 4.79 Å². The Bertz CT molecular complexity index is 1680. The highest BCUT2D eigenvalue weighted by Crippen LogP contribution is 2.31. The number of unbranched alkanes of at least 4 members (excludes halogenated alkanes) is 3. The number of nitrogens with zero attached hydrogens (tertiary/aromatic N) is 3. The molecule has 3 aromatic carbocycles. The van der Waals surface area contributed by atoms with E-state index in [1.54, 1.807) is 49.4 Å². The summed E-state index contributed by atoms with van der Waals surface area (Å²) in [4.78, 5) is 29.7. The van der Waals surface area contributed by atoms with E-state index >= 15 is 4.39 Å². The number of carbonyl (C=O) groups excluding carboxylic acids is 2. The molecule has 0 saturated heterocycles. The maximum absolute atomic E-state index is 15.1. The molecule has 1 aliphatic rings. The fourth-order valence-corrected chi connectivity index (χ4v) is 5.22. The van der Waals surface area contributed by atoms with E-state index in [0.717, 1.165) is 43.4 Å². The monoisotopic (exact) mass is 624 g/mol. The van der Waals surface area contributed by atoms with E-state index in [-0.39, 0.29) is 29.9 Å². The predicted molar refractivity (Wildman–Crippen MR) is 178 cm³/mol. The van der Waals surface area contributed by atoms with Crippen molar-refractivity contribution in [1.82, 2.24) is 15.1 Å². The second-order valence-corrected chi connectivity index (χ2v) is 11.7. The van der Waals surface area contributed by atoms with Crippen LogP contribution < -0.4 is 16.4 Å². The third-order valence-electron chi connectivity index (χ3n) is 7.90. The van der Waals surface area contributed by atoms with Gasteiger partial charge in [-0.1, -0.05) is 74.7 Å². The van der Waals surface area contributed by atoms with Gasteiger partial charge in [-0.05, 0) is 80.1 Å². The Kier molecular flexibility index (Phi) is 10.9. The Morgan fingerprint density at radius 2 is 1.83 bits per heavy atom. The minimum atomic E-state index is -0.754. The maximum Gasteiger partial charge on any atom is 0.435 e. The summed E-state index contributed by atoms with van der Waals surface area (Å²) in [6, 6.07) is 23.1. The summed E-state index contributed by atoms with van der Waals surface area (Å²) >= 11 is 0. The number of nitrogens with two attached hydrogens (primary N) is 1. The van der Waals surface area contributed by atoms with Crippen molar-refractivity contribution in [1.29, 1.82) is 0 Å². The quantitative estimate of drug-likeness (QED) is 0.0782. The molecule has 1 unspecified atom stereocenters. The number of hydrogen-bond acceptors (Lipinski definition) is 5. The first-order valence-electron chi connectivity index (χ1n) is 15.9. The van der Waals surface area contributed by atoms with Crippen LogP contribution in [0.15, 0.2) is 83.9 Å². The largest absolute Gasteiger partial charge is 0.448 e. The number of nitrogens with one attached hydrogen (secondary N) is 2. The number of halogens is 1. The number of rotatable bonds is 14. The lowest BCUT2D eigenvalue weighted by Gasteiger charge is -2.21. The summed E-state index contributed by atoms with van der Waals surface area (Å²) in [5, 5.41) is 10.9. The first-order chi connectivity index (χ1) is 22.3. The van der Waals surface area contributed by atoms with Gasteiger partial charge in [0.15, 0.2) is 0 Å². The Balaban J connectivity index is 1.34. The molecule has 2 amide bonds. The van der Waals surface area contributed by atoms with E-state index in [4.69, 9.17) is 10.5 Å². The minimum Gasteiger partial charge on any atom is -0.448 e. The van der Waals surface area contributed by atoms with Crippen LogP contribution in [0.1, 0.15) is 84.4 Å². The number of hydrogen-bond donors (Lipinski definition) is 3. The molecule has 240 valence electrons. The van der Waals surface area contributed by atoms with Crippen molar-refractivity contribution in [3.8, 4) is 5.69 Å². The molecule has 1 heterocycles. The standard InChI is InChI=1S/C36H41FN6O3/c1-3-4-5-9-19-46-36(45)41-34(38)28-13-10-14-29(21-28)43-32(20-24(2)42-43)35(44)40-31-22-27(17-18-30(31)37)33(39-23-25-15-16-25)26-11-7-6-8-12-26/h6-8,10-14,17-18,20-22,25,33,39H,3-5,9,15-16,19,23H2,1-2H3,(H,40,44)(H2,38,41,45). The van der Waals surface area contributed by atoms with Crippen LogP contribution in [0, 0.1) is 18.7 Å². The van der Waals surface area contributed by atoms with Gasteiger partial charge in [-0.25, -0.2) is 13.9 Å². The fourth-order valence-electron chi connectivity index (χ4n) is 5.22. The lowest BCUT2D eigenvalue weighted by molar-refractivity contribution is 0.101. The van der Waals surface area contributed by atoms with Gasteiger partial charge < -0.3 is 21.1 Å². The van der Waals surface area contributed by atoms with Crippen LogP contribution >= 0.6 is 0 Å². The molecule has 1 atom stereocenters. The highest BCUT2D eigenvalue weighted by Gasteiger charge is 2.24. The third-order valence-corrected chi connectivity index (χ3v) is 7.90. The summed E-state index contributed by atoms with van der Waals surface area (Å²) in [5.74, 6) is -0.435. The average Bonchev–Trinajstić information content (AvgIpc) is 3.81. The highest BCUT2D eigenvalue weighted by atomic mass is 19.1. The van der Waals surface area contributed by atoms with E-state index in [9.17, 15) is 9.59 Å². The molecule has 46 heavy (non-hydrogen) atoms. The molecular weight excluding hydrogens is 583 g/mol. The summed E-state index contributed by atoms with van der Waals surface area (Å²) in [7, 11) is 0. The minimum absolute atomic E-state index is 0.0163. The molecule has 9 nitrogen and oxygen atoms in total. The Morgan fingerprint density at radius 3 is 2.59 bits per heavy atom. The second-order valence-electron chi connectivity index (χ2n) is 11.7. The second kappa shape index (κ2) is 15.4. The van der Waals surface area contributed by atoms with E-state index in [2.05, 4.69) is 27.6 Å². The van der Waals surface area contributed by atoms with Gasteiger partial charge in [0.05, 0.1) is 29.7 Å². The molecule has 1 saturated carbocycles. The van der Waals surface area contributed by atoms with E-state index in [1.165, 1.54) is 23.6 Å². The molecule has 0 aliphatic heterocycles. The maximum atomic E-state index is 15.1. The van der Waals surface area contributed by atoms with Crippen molar-refractivity contribution >= 4 is 23.5 Å². The molecule has 1 aliphatic carbocycles. The van der Waals surface area contributed by atoms with Crippen LogP contribution in [0.2, 0.25) is 0 Å². The van der Waals surface area contributed by atoms with E-state index < -0.39 is 17.8 Å². The van der Waals surface area contributed by atoms with Gasteiger partial charge in [0.25, 0.3) is 5.91 Å². The summed E-state index contributed by atoms with van der Waals surface area (Å²) < 4.78 is 21.8. The normalized spacial score (nSPS) is 13.8. The SMILES string of the molecule is CCCCCCOC(=O)N=C(N)c1cccc(-n2nc(C)cc2C(=O)Nc2cc(C(NCC3CC3)c3ccccc3)ccc2F)c1. The van der Waals surface area contributed by atoms with Gasteiger partial charge in [0.1, 0.15) is 17.3 Å².